The minimum absolute atomic E-state index is 0.0721. The molecular weight excluding hydrogens is 548 g/mol. The monoisotopic (exact) mass is 586 g/mol. The fourth-order valence-electron chi connectivity index (χ4n) is 5.77. The third-order valence-corrected chi connectivity index (χ3v) is 8.35. The molecule has 1 atom stereocenters. The van der Waals surface area contributed by atoms with Crippen LogP contribution in [0.15, 0.2) is 33.5 Å². The molecule has 10 nitrogen and oxygen atoms in total. The zero-order valence-corrected chi connectivity index (χ0v) is 25.4. The van der Waals surface area contributed by atoms with E-state index in [0.29, 0.717) is 39.8 Å². The standard InChI is InChI=1S/C33H38N4O6/c1-7-20-19(6)32(42)37-27(20)14-25-18(5)23(10-12-31(40)41)29(35-25)15-28-22(9-11-30(38)39)17(4)24(34-28)13-26-16(3)21(8-2)33(43)36-26/h7,13-15,19,34-35H,8-12H2,1-6H3,(H,37,42)(H,38,39)(H,40,41)/b20-7?,24-13?,27-14-,28-15?/t19-/m1/s1. The predicted molar refractivity (Wildman–Crippen MR) is 165 cm³/mol. The highest BCUT2D eigenvalue weighted by molar-refractivity contribution is 6.30. The lowest BCUT2D eigenvalue weighted by atomic mass is 10.00. The number of rotatable bonds is 10. The summed E-state index contributed by atoms with van der Waals surface area (Å²) in [6, 6.07) is 0. The normalized spacial score (nSPS) is 19.8. The van der Waals surface area contributed by atoms with Gasteiger partial charge in [-0.05, 0) is 106 Å². The van der Waals surface area contributed by atoms with Gasteiger partial charge < -0.3 is 25.5 Å². The van der Waals surface area contributed by atoms with Crippen molar-refractivity contribution in [2.24, 2.45) is 10.9 Å². The van der Waals surface area contributed by atoms with E-state index in [1.54, 1.807) is 0 Å². The Kier molecular flexibility index (Phi) is 9.18. The molecular formula is C33H38N4O6. The number of aliphatic imine (C=N–C) groups is 1. The molecule has 226 valence electrons. The van der Waals surface area contributed by atoms with Gasteiger partial charge >= 0.3 is 11.9 Å². The number of aliphatic carboxylic acids is 2. The maximum atomic E-state index is 12.3. The molecule has 2 aliphatic heterocycles. The van der Waals surface area contributed by atoms with Crippen LogP contribution in [0.4, 0.5) is 0 Å². The number of carbonyl (C=O) groups is 4. The van der Waals surface area contributed by atoms with Crippen molar-refractivity contribution in [3.8, 4) is 0 Å². The third kappa shape index (κ3) is 6.38. The zero-order chi connectivity index (χ0) is 31.6. The van der Waals surface area contributed by atoms with Crippen molar-refractivity contribution in [3.63, 3.8) is 0 Å². The lowest BCUT2D eigenvalue weighted by Crippen LogP contribution is -2.16. The smallest absolute Gasteiger partial charge is 0.303 e. The van der Waals surface area contributed by atoms with Crippen LogP contribution in [0.5, 0.6) is 0 Å². The number of carboxylic acids is 2. The van der Waals surface area contributed by atoms with Gasteiger partial charge in [-0.3, -0.25) is 19.2 Å². The van der Waals surface area contributed by atoms with Crippen LogP contribution < -0.4 is 16.0 Å². The molecule has 0 unspecified atom stereocenters. The molecule has 10 heteroatoms. The Morgan fingerprint density at radius 1 is 0.884 bits per heavy atom. The molecule has 2 aliphatic rings. The first-order chi connectivity index (χ1) is 20.4. The zero-order valence-electron chi connectivity index (χ0n) is 25.4. The number of carboxylic acid groups (broad SMARTS) is 2. The molecule has 2 aromatic heterocycles. The second kappa shape index (κ2) is 12.6. The minimum atomic E-state index is -0.923. The Hall–Kier alpha value is -4.73. The van der Waals surface area contributed by atoms with E-state index < -0.39 is 11.9 Å². The number of nitrogens with zero attached hydrogens (tertiary/aromatic N) is 1. The van der Waals surface area contributed by atoms with Crippen LogP contribution in [0.2, 0.25) is 0 Å². The summed E-state index contributed by atoms with van der Waals surface area (Å²) in [6.45, 7) is 11.3. The molecule has 2 amide bonds. The number of H-pyrrole nitrogens is 2. The number of aromatic amines is 2. The largest absolute Gasteiger partial charge is 0.481 e. The fourth-order valence-corrected chi connectivity index (χ4v) is 5.77. The molecule has 0 bridgehead atoms. The lowest BCUT2D eigenvalue weighted by molar-refractivity contribution is -0.138. The van der Waals surface area contributed by atoms with Crippen LogP contribution >= 0.6 is 0 Å². The quantitative estimate of drug-likeness (QED) is 0.286. The predicted octanol–water partition coefficient (Wildman–Crippen LogP) is 3.36. The third-order valence-electron chi connectivity index (χ3n) is 8.35. The van der Waals surface area contributed by atoms with E-state index >= 15 is 0 Å². The van der Waals surface area contributed by atoms with Gasteiger partial charge in [-0.1, -0.05) is 13.0 Å². The van der Waals surface area contributed by atoms with Crippen molar-refractivity contribution in [2.45, 2.75) is 73.6 Å². The summed E-state index contributed by atoms with van der Waals surface area (Å²) in [4.78, 5) is 58.8. The minimum Gasteiger partial charge on any atom is -0.481 e. The SMILES string of the molecule is CC=C1/C(=C/c2[nH]c(C=c3[nH]c(=CC4=NC(=O)C(CC)=C4C)c(C)c3CCC(=O)O)c(CCC(=O)O)c2C)NC(=O)[C@@H]1C. The van der Waals surface area contributed by atoms with Crippen molar-refractivity contribution in [1.82, 2.24) is 15.3 Å². The fraction of sp³-hybridized carbons (Fsp3) is 0.364. The van der Waals surface area contributed by atoms with E-state index in [0.717, 1.165) is 39.1 Å². The van der Waals surface area contributed by atoms with Crippen molar-refractivity contribution in [3.05, 3.63) is 72.8 Å². The van der Waals surface area contributed by atoms with Crippen LogP contribution in [-0.2, 0) is 32.0 Å². The Bertz CT molecular complexity index is 1780. The molecule has 0 radical (unpaired) electrons. The second-order valence-corrected chi connectivity index (χ2v) is 11.0. The van der Waals surface area contributed by atoms with Crippen LogP contribution in [0.25, 0.3) is 18.2 Å². The van der Waals surface area contributed by atoms with Crippen LogP contribution in [-0.4, -0.2) is 49.6 Å². The average Bonchev–Trinajstić information content (AvgIpc) is 3.59. The number of allylic oxidation sites excluding steroid dienone is 3. The molecule has 4 heterocycles. The first-order valence-corrected chi connectivity index (χ1v) is 14.4. The topological polar surface area (TPSA) is 165 Å². The number of carbonyl (C=O) groups excluding carboxylic acids is 2. The van der Waals surface area contributed by atoms with E-state index in [4.69, 9.17) is 0 Å². The van der Waals surface area contributed by atoms with Crippen LogP contribution in [0.3, 0.4) is 0 Å². The number of hydrogen-bond donors (Lipinski definition) is 5. The summed E-state index contributed by atoms with van der Waals surface area (Å²) >= 11 is 0. The van der Waals surface area contributed by atoms with E-state index in [-0.39, 0.29) is 43.4 Å². The Labute approximate surface area is 249 Å². The van der Waals surface area contributed by atoms with Gasteiger partial charge in [-0.2, -0.15) is 0 Å². The highest BCUT2D eigenvalue weighted by atomic mass is 16.4. The van der Waals surface area contributed by atoms with E-state index in [1.807, 2.05) is 65.8 Å². The molecule has 1 fully saturated rings. The first-order valence-electron chi connectivity index (χ1n) is 14.4. The Morgan fingerprint density at radius 3 is 2.12 bits per heavy atom. The number of aromatic nitrogens is 2. The molecule has 0 spiro atoms. The van der Waals surface area contributed by atoms with Gasteiger partial charge in [-0.15, -0.1) is 0 Å². The number of hydrogen-bond acceptors (Lipinski definition) is 4. The maximum Gasteiger partial charge on any atom is 0.303 e. The summed E-state index contributed by atoms with van der Waals surface area (Å²) < 4.78 is 0. The highest BCUT2D eigenvalue weighted by Gasteiger charge is 2.29. The molecule has 43 heavy (non-hydrogen) atoms. The molecule has 2 aromatic rings. The number of nitrogens with one attached hydrogen (secondary N) is 3. The van der Waals surface area contributed by atoms with Crippen molar-refractivity contribution in [2.75, 3.05) is 0 Å². The van der Waals surface area contributed by atoms with Gasteiger partial charge in [0.25, 0.3) is 5.91 Å². The second-order valence-electron chi connectivity index (χ2n) is 11.0. The summed E-state index contributed by atoms with van der Waals surface area (Å²) in [7, 11) is 0. The van der Waals surface area contributed by atoms with Gasteiger partial charge in [0.1, 0.15) is 0 Å². The van der Waals surface area contributed by atoms with Gasteiger partial charge in [0, 0.05) is 46.2 Å². The van der Waals surface area contributed by atoms with E-state index in [9.17, 15) is 29.4 Å². The van der Waals surface area contributed by atoms with Crippen molar-refractivity contribution < 1.29 is 29.4 Å². The van der Waals surface area contributed by atoms with E-state index in [2.05, 4.69) is 20.3 Å². The molecule has 0 aliphatic carbocycles. The molecule has 5 N–H and O–H groups in total. The molecule has 0 aromatic carbocycles. The van der Waals surface area contributed by atoms with Gasteiger partial charge in [0.2, 0.25) is 5.91 Å². The summed E-state index contributed by atoms with van der Waals surface area (Å²) in [5.74, 6) is -2.44. The van der Waals surface area contributed by atoms with Crippen molar-refractivity contribution >= 4 is 47.7 Å². The van der Waals surface area contributed by atoms with Crippen LogP contribution in [0, 0.1) is 19.8 Å². The lowest BCUT2D eigenvalue weighted by Gasteiger charge is -2.03. The maximum absolute atomic E-state index is 12.3. The van der Waals surface area contributed by atoms with Crippen LogP contribution in [0.1, 0.15) is 80.6 Å². The van der Waals surface area contributed by atoms with Gasteiger partial charge in [0.05, 0.1) is 11.6 Å². The van der Waals surface area contributed by atoms with Gasteiger partial charge in [0.15, 0.2) is 0 Å². The van der Waals surface area contributed by atoms with E-state index in [1.165, 1.54) is 0 Å². The Morgan fingerprint density at radius 2 is 1.53 bits per heavy atom. The number of amides is 2. The Balaban J connectivity index is 1.91. The molecule has 0 saturated carbocycles. The molecule has 4 rings (SSSR count). The molecule has 1 saturated heterocycles. The average molecular weight is 587 g/mol. The van der Waals surface area contributed by atoms with Gasteiger partial charge in [-0.25, -0.2) is 4.99 Å². The van der Waals surface area contributed by atoms with Crippen molar-refractivity contribution in [1.29, 1.82) is 0 Å². The highest BCUT2D eigenvalue weighted by Crippen LogP contribution is 2.29. The summed E-state index contributed by atoms with van der Waals surface area (Å²) in [6.07, 6.45) is 8.45. The summed E-state index contributed by atoms with van der Waals surface area (Å²) in [5.41, 5.74) is 8.40. The first kappa shape index (κ1) is 31.2. The summed E-state index contributed by atoms with van der Waals surface area (Å²) in [5, 5.41) is 23.2.